The van der Waals surface area contributed by atoms with Crippen LogP contribution >= 0.6 is 23.2 Å². The summed E-state index contributed by atoms with van der Waals surface area (Å²) in [5, 5.41) is 3.28. The van der Waals surface area contributed by atoms with E-state index in [9.17, 15) is 9.59 Å². The molecular weight excluding hydrogens is 301 g/mol. The monoisotopic (exact) mass is 317 g/mol. The molecule has 110 valence electrons. The molecule has 0 aliphatic rings. The molecule has 0 fully saturated rings. The first-order chi connectivity index (χ1) is 9.35. The number of amides is 1. The Bertz CT molecular complexity index is 503. The number of halogens is 2. The van der Waals surface area contributed by atoms with E-state index >= 15 is 0 Å². The van der Waals surface area contributed by atoms with E-state index < -0.39 is 6.10 Å². The summed E-state index contributed by atoms with van der Waals surface area (Å²) in [6.07, 6.45) is -0.169. The predicted molar refractivity (Wildman–Crippen MR) is 79.8 cm³/mol. The number of hydrogen-bond donors (Lipinski definition) is 1. The summed E-state index contributed by atoms with van der Waals surface area (Å²) in [5.41, 5.74) is 0.214. The molecule has 0 bridgehead atoms. The van der Waals surface area contributed by atoms with Crippen molar-refractivity contribution in [2.24, 2.45) is 5.92 Å². The van der Waals surface area contributed by atoms with Crippen molar-refractivity contribution in [3.05, 3.63) is 27.7 Å². The highest BCUT2D eigenvalue weighted by Crippen LogP contribution is 2.32. The number of ether oxygens (including phenoxy) is 1. The second-order valence-corrected chi connectivity index (χ2v) is 5.67. The summed E-state index contributed by atoms with van der Waals surface area (Å²) in [6.45, 7) is 6.13. The molecule has 1 aromatic rings. The zero-order valence-corrected chi connectivity index (χ0v) is 13.1. The highest BCUT2D eigenvalue weighted by atomic mass is 35.5. The highest BCUT2D eigenvalue weighted by Gasteiger charge is 2.19. The number of carbonyl (C=O) groups excluding carboxylic acids is 2. The second kappa shape index (κ2) is 7.50. The smallest absolute Gasteiger partial charge is 0.260 e. The molecule has 0 spiro atoms. The van der Waals surface area contributed by atoms with Gasteiger partial charge in [0.1, 0.15) is 5.75 Å². The third kappa shape index (κ3) is 4.69. The molecule has 4 nitrogen and oxygen atoms in total. The molecule has 0 saturated heterocycles. The first kappa shape index (κ1) is 16.8. The van der Waals surface area contributed by atoms with Crippen LogP contribution in [0.2, 0.25) is 10.0 Å². The molecule has 1 atom stereocenters. The number of rotatable bonds is 6. The van der Waals surface area contributed by atoms with Crippen molar-refractivity contribution in [2.75, 3.05) is 6.54 Å². The van der Waals surface area contributed by atoms with Gasteiger partial charge in [0.2, 0.25) is 0 Å². The van der Waals surface area contributed by atoms with Crippen LogP contribution in [0.3, 0.4) is 0 Å². The van der Waals surface area contributed by atoms with Crippen molar-refractivity contribution in [1.29, 1.82) is 0 Å². The van der Waals surface area contributed by atoms with Crippen molar-refractivity contribution < 1.29 is 14.3 Å². The Labute approximate surface area is 128 Å². The van der Waals surface area contributed by atoms with Crippen LogP contribution in [0, 0.1) is 5.92 Å². The van der Waals surface area contributed by atoms with Gasteiger partial charge in [-0.1, -0.05) is 37.0 Å². The Hall–Kier alpha value is -1.26. The Morgan fingerprint density at radius 1 is 1.35 bits per heavy atom. The van der Waals surface area contributed by atoms with Crippen molar-refractivity contribution in [1.82, 2.24) is 5.32 Å². The molecule has 0 saturated carbocycles. The number of nitrogens with one attached hydrogen (secondary N) is 1. The lowest BCUT2D eigenvalue weighted by molar-refractivity contribution is -0.127. The van der Waals surface area contributed by atoms with Crippen molar-refractivity contribution >= 4 is 35.4 Å². The molecule has 1 amide bonds. The van der Waals surface area contributed by atoms with Crippen molar-refractivity contribution in [3.63, 3.8) is 0 Å². The van der Waals surface area contributed by atoms with Gasteiger partial charge in [0, 0.05) is 11.6 Å². The maximum atomic E-state index is 11.8. The molecule has 1 rings (SSSR count). The molecule has 0 aromatic heterocycles. The Balaban J connectivity index is 2.82. The fraction of sp³-hybridized carbons (Fsp3) is 0.429. The van der Waals surface area contributed by atoms with E-state index in [0.29, 0.717) is 23.8 Å². The van der Waals surface area contributed by atoms with Crippen LogP contribution in [-0.4, -0.2) is 24.8 Å². The maximum Gasteiger partial charge on any atom is 0.260 e. The van der Waals surface area contributed by atoms with Gasteiger partial charge in [0.05, 0.1) is 10.6 Å². The summed E-state index contributed by atoms with van der Waals surface area (Å²) in [6, 6.07) is 2.90. The fourth-order valence-electron chi connectivity index (χ4n) is 1.47. The minimum atomic E-state index is -0.758. The van der Waals surface area contributed by atoms with Crippen LogP contribution in [0.5, 0.6) is 5.75 Å². The van der Waals surface area contributed by atoms with Crippen LogP contribution in [0.1, 0.15) is 31.1 Å². The van der Waals surface area contributed by atoms with Gasteiger partial charge >= 0.3 is 0 Å². The summed E-state index contributed by atoms with van der Waals surface area (Å²) in [5.74, 6) is 0.246. The number of benzene rings is 1. The van der Waals surface area contributed by atoms with E-state index in [0.717, 1.165) is 0 Å². The van der Waals surface area contributed by atoms with Crippen LogP contribution in [0.15, 0.2) is 12.1 Å². The molecule has 1 aromatic carbocycles. The van der Waals surface area contributed by atoms with Gasteiger partial charge in [-0.25, -0.2) is 0 Å². The van der Waals surface area contributed by atoms with Gasteiger partial charge in [0.15, 0.2) is 12.4 Å². The number of aldehydes is 1. The Morgan fingerprint density at radius 2 is 2.00 bits per heavy atom. The summed E-state index contributed by atoms with van der Waals surface area (Å²) in [4.78, 5) is 22.8. The molecule has 1 unspecified atom stereocenters. The van der Waals surface area contributed by atoms with Crippen molar-refractivity contribution in [2.45, 2.75) is 26.9 Å². The average molecular weight is 318 g/mol. The zero-order chi connectivity index (χ0) is 15.3. The molecule has 20 heavy (non-hydrogen) atoms. The molecule has 0 aliphatic carbocycles. The van der Waals surface area contributed by atoms with Crippen LogP contribution in [0.25, 0.3) is 0 Å². The predicted octanol–water partition coefficient (Wildman–Crippen LogP) is 3.35. The fourth-order valence-corrected chi connectivity index (χ4v) is 2.02. The van der Waals surface area contributed by atoms with E-state index in [4.69, 9.17) is 27.9 Å². The molecule has 0 aliphatic heterocycles. The maximum absolute atomic E-state index is 11.8. The number of carbonyl (C=O) groups is 2. The normalized spacial score (nSPS) is 12.1. The minimum Gasteiger partial charge on any atom is -0.479 e. The Morgan fingerprint density at radius 3 is 2.55 bits per heavy atom. The Kier molecular flexibility index (Phi) is 6.30. The average Bonchev–Trinajstić information content (AvgIpc) is 2.38. The lowest BCUT2D eigenvalue weighted by Crippen LogP contribution is -2.38. The second-order valence-electron chi connectivity index (χ2n) is 4.82. The van der Waals surface area contributed by atoms with Crippen LogP contribution in [-0.2, 0) is 4.79 Å². The van der Waals surface area contributed by atoms with Gasteiger partial charge in [-0.05, 0) is 25.0 Å². The van der Waals surface area contributed by atoms with E-state index in [1.807, 2.05) is 13.8 Å². The molecule has 6 heteroatoms. The topological polar surface area (TPSA) is 55.4 Å². The largest absolute Gasteiger partial charge is 0.479 e. The highest BCUT2D eigenvalue weighted by molar-refractivity contribution is 6.36. The third-order valence-electron chi connectivity index (χ3n) is 2.51. The third-order valence-corrected chi connectivity index (χ3v) is 3.01. The number of hydrogen-bond acceptors (Lipinski definition) is 3. The first-order valence-corrected chi connectivity index (χ1v) is 6.99. The molecule has 1 N–H and O–H groups in total. The molecule has 0 heterocycles. The minimum absolute atomic E-state index is 0.165. The van der Waals surface area contributed by atoms with Crippen LogP contribution in [0.4, 0.5) is 0 Å². The van der Waals surface area contributed by atoms with Crippen LogP contribution < -0.4 is 10.1 Å². The van der Waals surface area contributed by atoms with Gasteiger partial charge in [0.25, 0.3) is 5.91 Å². The quantitative estimate of drug-likeness (QED) is 0.819. The molecule has 0 radical (unpaired) electrons. The van der Waals surface area contributed by atoms with Crippen molar-refractivity contribution in [3.8, 4) is 5.75 Å². The summed E-state index contributed by atoms with van der Waals surface area (Å²) >= 11 is 11.8. The summed E-state index contributed by atoms with van der Waals surface area (Å²) in [7, 11) is 0. The van der Waals surface area contributed by atoms with E-state index in [1.54, 1.807) is 6.92 Å². The van der Waals surface area contributed by atoms with Gasteiger partial charge in [-0.2, -0.15) is 0 Å². The van der Waals surface area contributed by atoms with Gasteiger partial charge in [-0.3, -0.25) is 9.59 Å². The lowest BCUT2D eigenvalue weighted by Gasteiger charge is -2.17. The van der Waals surface area contributed by atoms with E-state index in [2.05, 4.69) is 5.32 Å². The molecular formula is C14H17Cl2NO3. The van der Waals surface area contributed by atoms with Gasteiger partial charge < -0.3 is 10.1 Å². The first-order valence-electron chi connectivity index (χ1n) is 6.23. The van der Waals surface area contributed by atoms with E-state index in [-0.39, 0.29) is 22.2 Å². The van der Waals surface area contributed by atoms with E-state index in [1.165, 1.54) is 12.1 Å². The standard InChI is InChI=1S/C14H17Cl2NO3/c1-8(2)6-17-14(19)9(3)20-13-10(7-18)4-11(15)5-12(13)16/h4-5,7-9H,6H2,1-3H3,(H,17,19). The zero-order valence-electron chi connectivity index (χ0n) is 11.6. The SMILES string of the molecule is CC(C)CNC(=O)C(C)Oc1c(Cl)cc(Cl)cc1C=O. The summed E-state index contributed by atoms with van der Waals surface area (Å²) < 4.78 is 5.48. The lowest BCUT2D eigenvalue weighted by atomic mass is 10.2. The van der Waals surface area contributed by atoms with Gasteiger partial charge in [-0.15, -0.1) is 0 Å².